The predicted octanol–water partition coefficient (Wildman–Crippen LogP) is 3.18. The molecule has 0 spiro atoms. The standard InChI is InChI=1S/C25H30N4O5/c1-16(26-25(31)17-13-20(32-2)23(34-4)21(14-17)33-3)24-27-18-9-5-6-10-19(18)29(24)15-22(30)28-11-7-8-12-28/h5-6,9-10,13-14,16H,7-8,11-12,15H2,1-4H3,(H,26,31). The van der Waals surface area contributed by atoms with Crippen molar-refractivity contribution in [1.82, 2.24) is 19.8 Å². The van der Waals surface area contributed by atoms with Gasteiger partial charge in [-0.3, -0.25) is 9.59 Å². The summed E-state index contributed by atoms with van der Waals surface area (Å²) in [6.07, 6.45) is 2.06. The lowest BCUT2D eigenvalue weighted by atomic mass is 10.1. The minimum absolute atomic E-state index is 0.0602. The van der Waals surface area contributed by atoms with Crippen LogP contribution in [0.25, 0.3) is 11.0 Å². The van der Waals surface area contributed by atoms with E-state index in [4.69, 9.17) is 19.2 Å². The Bertz CT molecular complexity index is 1170. The van der Waals surface area contributed by atoms with Gasteiger partial charge in [0, 0.05) is 18.7 Å². The zero-order valence-corrected chi connectivity index (χ0v) is 20.0. The van der Waals surface area contributed by atoms with Gasteiger partial charge in [-0.25, -0.2) is 4.98 Å². The van der Waals surface area contributed by atoms with E-state index in [9.17, 15) is 9.59 Å². The number of aromatic nitrogens is 2. The number of methoxy groups -OCH3 is 3. The maximum Gasteiger partial charge on any atom is 0.252 e. The van der Waals surface area contributed by atoms with Crippen LogP contribution in [0.5, 0.6) is 17.2 Å². The molecule has 1 aromatic heterocycles. The summed E-state index contributed by atoms with van der Waals surface area (Å²) in [5.41, 5.74) is 2.00. The van der Waals surface area contributed by atoms with Gasteiger partial charge in [-0.15, -0.1) is 0 Å². The molecule has 9 heteroatoms. The van der Waals surface area contributed by atoms with Crippen molar-refractivity contribution in [3.63, 3.8) is 0 Å². The predicted molar refractivity (Wildman–Crippen MR) is 128 cm³/mol. The van der Waals surface area contributed by atoms with Gasteiger partial charge in [-0.05, 0) is 44.0 Å². The summed E-state index contributed by atoms with van der Waals surface area (Å²) in [4.78, 5) is 32.7. The van der Waals surface area contributed by atoms with Crippen molar-refractivity contribution in [2.75, 3.05) is 34.4 Å². The Balaban J connectivity index is 1.62. The van der Waals surface area contributed by atoms with Crippen molar-refractivity contribution in [2.45, 2.75) is 32.4 Å². The van der Waals surface area contributed by atoms with Gasteiger partial charge in [0.2, 0.25) is 11.7 Å². The molecule has 1 N–H and O–H groups in total. The molecule has 1 atom stereocenters. The molecule has 9 nitrogen and oxygen atoms in total. The lowest BCUT2D eigenvalue weighted by Crippen LogP contribution is -2.33. The highest BCUT2D eigenvalue weighted by atomic mass is 16.5. The summed E-state index contributed by atoms with van der Waals surface area (Å²) in [6.45, 7) is 3.61. The van der Waals surface area contributed by atoms with Crippen LogP contribution in [-0.2, 0) is 11.3 Å². The quantitative estimate of drug-likeness (QED) is 0.548. The molecule has 0 saturated carbocycles. The second-order valence-corrected chi connectivity index (χ2v) is 8.24. The van der Waals surface area contributed by atoms with Crippen LogP contribution in [0.1, 0.15) is 42.0 Å². The average molecular weight is 467 g/mol. The molecule has 2 aromatic carbocycles. The molecular formula is C25H30N4O5. The van der Waals surface area contributed by atoms with E-state index in [0.29, 0.717) is 28.6 Å². The molecular weight excluding hydrogens is 436 g/mol. The second-order valence-electron chi connectivity index (χ2n) is 8.24. The molecule has 1 unspecified atom stereocenters. The van der Waals surface area contributed by atoms with Gasteiger partial charge >= 0.3 is 0 Å². The van der Waals surface area contributed by atoms with Gasteiger partial charge in [0.15, 0.2) is 11.5 Å². The number of para-hydroxylation sites is 2. The van der Waals surface area contributed by atoms with Crippen molar-refractivity contribution in [3.8, 4) is 17.2 Å². The van der Waals surface area contributed by atoms with Gasteiger partial charge in [-0.2, -0.15) is 0 Å². The number of amides is 2. The van der Waals surface area contributed by atoms with Crippen LogP contribution in [0, 0.1) is 0 Å². The van der Waals surface area contributed by atoms with E-state index < -0.39 is 6.04 Å². The highest BCUT2D eigenvalue weighted by Crippen LogP contribution is 2.38. The number of nitrogens with one attached hydrogen (secondary N) is 1. The van der Waals surface area contributed by atoms with Crippen LogP contribution in [0.4, 0.5) is 0 Å². The normalized spacial score (nSPS) is 14.2. The van der Waals surface area contributed by atoms with E-state index in [0.717, 1.165) is 37.0 Å². The molecule has 4 rings (SSSR count). The minimum Gasteiger partial charge on any atom is -0.493 e. The summed E-state index contributed by atoms with van der Waals surface area (Å²) in [5.74, 6) is 1.55. The molecule has 34 heavy (non-hydrogen) atoms. The molecule has 0 aliphatic carbocycles. The third-order valence-electron chi connectivity index (χ3n) is 6.10. The van der Waals surface area contributed by atoms with Crippen LogP contribution in [0.15, 0.2) is 36.4 Å². The van der Waals surface area contributed by atoms with Crippen LogP contribution in [0.3, 0.4) is 0 Å². The SMILES string of the molecule is COc1cc(C(=O)NC(C)c2nc3ccccc3n2CC(=O)N2CCCC2)cc(OC)c1OC. The summed E-state index contributed by atoms with van der Waals surface area (Å²) < 4.78 is 18.0. The van der Waals surface area contributed by atoms with Crippen molar-refractivity contribution >= 4 is 22.8 Å². The Morgan fingerprint density at radius 3 is 2.29 bits per heavy atom. The number of nitrogens with zero attached hydrogens (tertiary/aromatic N) is 3. The van der Waals surface area contributed by atoms with Crippen LogP contribution >= 0.6 is 0 Å². The topological polar surface area (TPSA) is 94.9 Å². The maximum absolute atomic E-state index is 13.1. The van der Waals surface area contributed by atoms with Gasteiger partial charge < -0.3 is 29.0 Å². The van der Waals surface area contributed by atoms with E-state index in [-0.39, 0.29) is 18.4 Å². The molecule has 1 fully saturated rings. The summed E-state index contributed by atoms with van der Waals surface area (Å²) in [7, 11) is 4.51. The number of ether oxygens (including phenoxy) is 3. The lowest BCUT2D eigenvalue weighted by molar-refractivity contribution is -0.130. The van der Waals surface area contributed by atoms with E-state index in [2.05, 4.69) is 5.32 Å². The zero-order valence-electron chi connectivity index (χ0n) is 20.0. The molecule has 180 valence electrons. The highest BCUT2D eigenvalue weighted by molar-refractivity contribution is 5.96. The highest BCUT2D eigenvalue weighted by Gasteiger charge is 2.25. The van der Waals surface area contributed by atoms with Crippen LogP contribution in [0.2, 0.25) is 0 Å². The summed E-state index contributed by atoms with van der Waals surface area (Å²) in [5, 5.41) is 3.00. The first-order chi connectivity index (χ1) is 16.5. The fourth-order valence-corrected chi connectivity index (χ4v) is 4.35. The molecule has 2 amide bonds. The largest absolute Gasteiger partial charge is 0.493 e. The first kappa shape index (κ1) is 23.4. The summed E-state index contributed by atoms with van der Waals surface area (Å²) in [6, 6.07) is 10.4. The van der Waals surface area contributed by atoms with Crippen LogP contribution < -0.4 is 19.5 Å². The molecule has 3 aromatic rings. The van der Waals surface area contributed by atoms with Gasteiger partial charge in [0.05, 0.1) is 38.4 Å². The third kappa shape index (κ3) is 4.50. The van der Waals surface area contributed by atoms with Crippen molar-refractivity contribution in [1.29, 1.82) is 0 Å². The molecule has 1 aliphatic rings. The zero-order chi connectivity index (χ0) is 24.2. The third-order valence-corrected chi connectivity index (χ3v) is 6.10. The first-order valence-corrected chi connectivity index (χ1v) is 11.3. The Kier molecular flexibility index (Phi) is 6.90. The van der Waals surface area contributed by atoms with E-state index in [1.807, 2.05) is 40.7 Å². The minimum atomic E-state index is -0.453. The Morgan fingerprint density at radius 1 is 1.03 bits per heavy atom. The number of imidazole rings is 1. The molecule has 2 heterocycles. The number of hydrogen-bond donors (Lipinski definition) is 1. The molecule has 1 saturated heterocycles. The van der Waals surface area contributed by atoms with E-state index in [1.54, 1.807) is 12.1 Å². The number of rotatable bonds is 8. The first-order valence-electron chi connectivity index (χ1n) is 11.3. The monoisotopic (exact) mass is 466 g/mol. The lowest BCUT2D eigenvalue weighted by Gasteiger charge is -2.20. The summed E-state index contributed by atoms with van der Waals surface area (Å²) >= 11 is 0. The number of likely N-dealkylation sites (tertiary alicyclic amines) is 1. The van der Waals surface area contributed by atoms with Crippen molar-refractivity contribution < 1.29 is 23.8 Å². The smallest absolute Gasteiger partial charge is 0.252 e. The average Bonchev–Trinajstić information content (AvgIpc) is 3.52. The molecule has 0 bridgehead atoms. The Morgan fingerprint density at radius 2 is 1.68 bits per heavy atom. The number of carbonyl (C=O) groups excluding carboxylic acids is 2. The number of fused-ring (bicyclic) bond motifs is 1. The van der Waals surface area contributed by atoms with Gasteiger partial charge in [0.1, 0.15) is 12.4 Å². The van der Waals surface area contributed by atoms with Crippen molar-refractivity contribution in [2.24, 2.45) is 0 Å². The molecule has 0 radical (unpaired) electrons. The fraction of sp³-hybridized carbons (Fsp3) is 0.400. The fourth-order valence-electron chi connectivity index (χ4n) is 4.35. The van der Waals surface area contributed by atoms with Gasteiger partial charge in [-0.1, -0.05) is 12.1 Å². The molecule has 1 aliphatic heterocycles. The van der Waals surface area contributed by atoms with Crippen LogP contribution in [-0.4, -0.2) is 60.7 Å². The number of carbonyl (C=O) groups is 2. The van der Waals surface area contributed by atoms with E-state index >= 15 is 0 Å². The van der Waals surface area contributed by atoms with Crippen molar-refractivity contribution in [3.05, 3.63) is 47.8 Å². The van der Waals surface area contributed by atoms with Gasteiger partial charge in [0.25, 0.3) is 5.91 Å². The number of hydrogen-bond acceptors (Lipinski definition) is 6. The Labute approximate surface area is 198 Å². The Hall–Kier alpha value is -3.75. The number of benzene rings is 2. The maximum atomic E-state index is 13.1. The second kappa shape index (κ2) is 10.0. The van der Waals surface area contributed by atoms with E-state index in [1.165, 1.54) is 21.3 Å².